The molecule has 0 radical (unpaired) electrons. The first kappa shape index (κ1) is 24.4. The molecule has 32 heavy (non-hydrogen) atoms. The molecule has 1 aliphatic heterocycles. The van der Waals surface area contributed by atoms with Crippen molar-refractivity contribution >= 4 is 31.6 Å². The Kier molecular flexibility index (Phi) is 7.39. The summed E-state index contributed by atoms with van der Waals surface area (Å²) in [6, 6.07) is 10.5. The van der Waals surface area contributed by atoms with Crippen molar-refractivity contribution < 1.29 is 21.6 Å². The van der Waals surface area contributed by atoms with Crippen LogP contribution >= 0.6 is 0 Å². The lowest BCUT2D eigenvalue weighted by molar-refractivity contribution is 0.102. The number of nitrogens with one attached hydrogen (secondary N) is 1. The molecule has 1 amide bonds. The highest BCUT2D eigenvalue weighted by Gasteiger charge is 2.27. The number of benzene rings is 2. The summed E-state index contributed by atoms with van der Waals surface area (Å²) >= 11 is 0. The number of carbonyl (C=O) groups excluding carboxylic acids is 1. The molecule has 10 heteroatoms. The minimum atomic E-state index is -3.68. The third kappa shape index (κ3) is 5.20. The van der Waals surface area contributed by atoms with Crippen LogP contribution in [0, 0.1) is 6.92 Å². The SMILES string of the molecule is Cc1ccc(NC(=O)c2cccc(S(=O)(=O)N(C)C)c2)cc1S(=O)(=O)N1CCCCCC1. The van der Waals surface area contributed by atoms with Crippen LogP contribution in [0.1, 0.15) is 41.6 Å². The Hall–Kier alpha value is -2.27. The first-order valence-electron chi connectivity index (χ1n) is 10.5. The number of carbonyl (C=O) groups is 1. The van der Waals surface area contributed by atoms with Gasteiger partial charge in [0.25, 0.3) is 5.91 Å². The average molecular weight is 480 g/mol. The normalized spacial score (nSPS) is 16.0. The Labute approximate surface area is 190 Å². The van der Waals surface area contributed by atoms with Crippen LogP contribution in [0.2, 0.25) is 0 Å². The summed E-state index contributed by atoms with van der Waals surface area (Å²) in [7, 11) is -4.53. The van der Waals surface area contributed by atoms with Crippen LogP contribution in [0.4, 0.5) is 5.69 Å². The first-order chi connectivity index (χ1) is 15.0. The second kappa shape index (κ2) is 9.70. The maximum Gasteiger partial charge on any atom is 0.255 e. The van der Waals surface area contributed by atoms with Crippen molar-refractivity contribution in [2.24, 2.45) is 0 Å². The quantitative estimate of drug-likeness (QED) is 0.686. The van der Waals surface area contributed by atoms with E-state index >= 15 is 0 Å². The highest BCUT2D eigenvalue weighted by molar-refractivity contribution is 7.89. The van der Waals surface area contributed by atoms with Gasteiger partial charge in [-0.3, -0.25) is 4.79 Å². The van der Waals surface area contributed by atoms with Gasteiger partial charge in [-0.1, -0.05) is 25.0 Å². The van der Waals surface area contributed by atoms with Gasteiger partial charge in [0, 0.05) is 38.4 Å². The van der Waals surface area contributed by atoms with Gasteiger partial charge < -0.3 is 5.32 Å². The van der Waals surface area contributed by atoms with E-state index < -0.39 is 26.0 Å². The smallest absolute Gasteiger partial charge is 0.255 e. The van der Waals surface area contributed by atoms with Gasteiger partial charge in [0.05, 0.1) is 9.79 Å². The Morgan fingerprint density at radius 3 is 2.22 bits per heavy atom. The minimum absolute atomic E-state index is 0.00323. The molecule has 0 saturated carbocycles. The van der Waals surface area contributed by atoms with Gasteiger partial charge in [0.15, 0.2) is 0 Å². The summed E-state index contributed by atoms with van der Waals surface area (Å²) in [6.07, 6.45) is 3.70. The van der Waals surface area contributed by atoms with Crippen molar-refractivity contribution in [1.29, 1.82) is 0 Å². The van der Waals surface area contributed by atoms with E-state index in [2.05, 4.69) is 5.32 Å². The molecule has 174 valence electrons. The van der Waals surface area contributed by atoms with Gasteiger partial charge in [-0.25, -0.2) is 21.1 Å². The molecular formula is C22H29N3O5S2. The van der Waals surface area contributed by atoms with E-state index in [1.807, 2.05) is 0 Å². The number of aryl methyl sites for hydroxylation is 1. The van der Waals surface area contributed by atoms with Crippen LogP contribution in [0.5, 0.6) is 0 Å². The summed E-state index contributed by atoms with van der Waals surface area (Å²) in [6.45, 7) is 2.71. The molecule has 1 heterocycles. The Balaban J connectivity index is 1.87. The Morgan fingerprint density at radius 1 is 0.938 bits per heavy atom. The monoisotopic (exact) mass is 479 g/mol. The molecular weight excluding hydrogens is 450 g/mol. The number of rotatable bonds is 6. The van der Waals surface area contributed by atoms with Crippen molar-refractivity contribution in [3.05, 3.63) is 53.6 Å². The maximum atomic E-state index is 13.2. The number of hydrogen-bond acceptors (Lipinski definition) is 5. The van der Waals surface area contributed by atoms with Crippen LogP contribution in [0.3, 0.4) is 0 Å². The predicted molar refractivity (Wildman–Crippen MR) is 124 cm³/mol. The number of sulfonamides is 2. The summed E-state index contributed by atoms with van der Waals surface area (Å²) < 4.78 is 53.8. The molecule has 0 spiro atoms. The second-order valence-electron chi connectivity index (χ2n) is 8.07. The van der Waals surface area contributed by atoms with E-state index in [0.717, 1.165) is 30.0 Å². The molecule has 0 aromatic heterocycles. The molecule has 0 bridgehead atoms. The van der Waals surface area contributed by atoms with Crippen molar-refractivity contribution in [3.8, 4) is 0 Å². The lowest BCUT2D eigenvalue weighted by atomic mass is 10.2. The Bertz CT molecular complexity index is 1200. The standard InChI is InChI=1S/C22H29N3O5S2/c1-17-11-12-19(16-21(17)32(29,30)25-13-6-4-5-7-14-25)23-22(26)18-9-8-10-20(15-18)31(27,28)24(2)3/h8-12,15-16H,4-7,13-14H2,1-3H3,(H,23,26). The minimum Gasteiger partial charge on any atom is -0.322 e. The highest BCUT2D eigenvalue weighted by Crippen LogP contribution is 2.26. The molecule has 3 rings (SSSR count). The fourth-order valence-corrected chi connectivity index (χ4v) is 6.30. The average Bonchev–Trinajstić information content (AvgIpc) is 3.05. The molecule has 1 aliphatic rings. The summed E-state index contributed by atoms with van der Waals surface area (Å²) in [5.74, 6) is -0.525. The summed E-state index contributed by atoms with van der Waals surface area (Å²) in [5.41, 5.74) is 1.09. The Morgan fingerprint density at radius 2 is 1.59 bits per heavy atom. The third-order valence-electron chi connectivity index (χ3n) is 5.50. The molecule has 1 saturated heterocycles. The van der Waals surface area contributed by atoms with E-state index in [4.69, 9.17) is 0 Å². The number of hydrogen-bond donors (Lipinski definition) is 1. The molecule has 2 aromatic carbocycles. The van der Waals surface area contributed by atoms with Crippen LogP contribution in [-0.2, 0) is 20.0 Å². The molecule has 2 aromatic rings. The number of nitrogens with zero attached hydrogens (tertiary/aromatic N) is 2. The van der Waals surface area contributed by atoms with Gasteiger partial charge in [0.2, 0.25) is 20.0 Å². The number of anilines is 1. The van der Waals surface area contributed by atoms with Gasteiger partial charge in [-0.15, -0.1) is 0 Å². The predicted octanol–water partition coefficient (Wildman–Crippen LogP) is 3.06. The lowest BCUT2D eigenvalue weighted by Gasteiger charge is -2.21. The van der Waals surface area contributed by atoms with Crippen molar-refractivity contribution in [2.75, 3.05) is 32.5 Å². The van der Waals surface area contributed by atoms with E-state index in [9.17, 15) is 21.6 Å². The zero-order valence-corrected chi connectivity index (χ0v) is 20.2. The van der Waals surface area contributed by atoms with Crippen LogP contribution in [0.15, 0.2) is 52.3 Å². The van der Waals surface area contributed by atoms with Gasteiger partial charge in [-0.05, 0) is 55.7 Å². The fourth-order valence-electron chi connectivity index (χ4n) is 3.59. The molecule has 0 unspecified atom stereocenters. The van der Waals surface area contributed by atoms with Gasteiger partial charge in [-0.2, -0.15) is 4.31 Å². The lowest BCUT2D eigenvalue weighted by Crippen LogP contribution is -2.32. The van der Waals surface area contributed by atoms with E-state index in [0.29, 0.717) is 24.3 Å². The molecule has 0 aliphatic carbocycles. The zero-order chi connectivity index (χ0) is 23.5. The zero-order valence-electron chi connectivity index (χ0n) is 18.5. The molecule has 0 atom stereocenters. The largest absolute Gasteiger partial charge is 0.322 e. The third-order valence-corrected chi connectivity index (χ3v) is 9.36. The second-order valence-corrected chi connectivity index (χ2v) is 12.1. The van der Waals surface area contributed by atoms with E-state index in [1.54, 1.807) is 19.1 Å². The van der Waals surface area contributed by atoms with Gasteiger partial charge >= 0.3 is 0 Å². The van der Waals surface area contributed by atoms with Gasteiger partial charge in [0.1, 0.15) is 0 Å². The van der Waals surface area contributed by atoms with Crippen molar-refractivity contribution in [3.63, 3.8) is 0 Å². The van der Waals surface area contributed by atoms with E-state index in [-0.39, 0.29) is 15.4 Å². The first-order valence-corrected chi connectivity index (χ1v) is 13.4. The van der Waals surface area contributed by atoms with Crippen molar-refractivity contribution in [2.45, 2.75) is 42.4 Å². The molecule has 8 nitrogen and oxygen atoms in total. The number of amides is 1. The molecule has 1 N–H and O–H groups in total. The van der Waals surface area contributed by atoms with Crippen molar-refractivity contribution in [1.82, 2.24) is 8.61 Å². The van der Waals surface area contributed by atoms with E-state index in [1.165, 1.54) is 48.7 Å². The summed E-state index contributed by atoms with van der Waals surface area (Å²) in [4.78, 5) is 12.9. The highest BCUT2D eigenvalue weighted by atomic mass is 32.2. The van der Waals surface area contributed by atoms with Crippen LogP contribution < -0.4 is 5.32 Å². The molecule has 1 fully saturated rings. The fraction of sp³-hybridized carbons (Fsp3) is 0.409. The topological polar surface area (TPSA) is 104 Å². The summed E-state index contributed by atoms with van der Waals surface area (Å²) in [5, 5.41) is 2.69. The van der Waals surface area contributed by atoms with Crippen LogP contribution in [0.25, 0.3) is 0 Å². The maximum absolute atomic E-state index is 13.2. The van der Waals surface area contributed by atoms with Crippen LogP contribution in [-0.4, -0.2) is 58.5 Å².